The molecule has 0 aliphatic carbocycles. The first-order chi connectivity index (χ1) is 29.1. The Morgan fingerprint density at radius 2 is 0.542 bits per heavy atom. The van der Waals surface area contributed by atoms with E-state index in [1.54, 1.807) is 4.90 Å². The minimum absolute atomic E-state index is 0.00368. The molecule has 0 aromatic rings. The second-order valence-corrected chi connectivity index (χ2v) is 19.0. The molecule has 0 radical (unpaired) electrons. The smallest absolute Gasteiger partial charge is 0.302 e. The van der Waals surface area contributed by atoms with Gasteiger partial charge in [-0.2, -0.15) is 0 Å². The monoisotopic (exact) mass is 831 g/mol. The third-order valence-electron chi connectivity index (χ3n) is 13.2. The Bertz CT molecular complexity index is 851. The van der Waals surface area contributed by atoms with Crippen LogP contribution in [0.2, 0.25) is 0 Å². The minimum atomic E-state index is -0.0534. The van der Waals surface area contributed by atoms with Gasteiger partial charge in [-0.05, 0) is 51.9 Å². The summed E-state index contributed by atoms with van der Waals surface area (Å²) in [5.74, 6) is 0.00368. The lowest BCUT2D eigenvalue weighted by Crippen LogP contribution is -2.45. The van der Waals surface area contributed by atoms with Gasteiger partial charge in [0.1, 0.15) is 6.54 Å². The number of nitrogens with zero attached hydrogens (tertiary/aromatic N) is 4. The van der Waals surface area contributed by atoms with Crippen LogP contribution < -0.4 is 0 Å². The highest BCUT2D eigenvalue weighted by Crippen LogP contribution is 2.18. The van der Waals surface area contributed by atoms with Crippen molar-refractivity contribution in [2.45, 2.75) is 285 Å². The van der Waals surface area contributed by atoms with Crippen LogP contribution in [-0.4, -0.2) is 77.6 Å². The second-order valence-electron chi connectivity index (χ2n) is 19.0. The van der Waals surface area contributed by atoms with Gasteiger partial charge in [-0.15, -0.1) is 0 Å². The van der Waals surface area contributed by atoms with Gasteiger partial charge in [-0.25, -0.2) is 9.69 Å². The number of hydrogen-bond donors (Lipinski definition) is 0. The molecule has 0 N–H and O–H groups in total. The second kappa shape index (κ2) is 43.5. The van der Waals surface area contributed by atoms with Crippen LogP contribution in [0, 0.1) is 0 Å². The number of imide groups is 1. The van der Waals surface area contributed by atoms with E-state index in [4.69, 9.17) is 0 Å². The summed E-state index contributed by atoms with van der Waals surface area (Å²) in [6, 6.07) is -0.0534. The van der Waals surface area contributed by atoms with E-state index in [2.05, 4.69) is 37.5 Å². The Balaban J connectivity index is 2.66. The van der Waals surface area contributed by atoms with Gasteiger partial charge in [-0.3, -0.25) is 14.6 Å². The summed E-state index contributed by atoms with van der Waals surface area (Å²) in [4.78, 5) is 35.9. The van der Waals surface area contributed by atoms with Gasteiger partial charge in [0.2, 0.25) is 0 Å². The van der Waals surface area contributed by atoms with Crippen molar-refractivity contribution in [3.05, 3.63) is 0 Å². The number of carbonyl (C=O) groups excluding carboxylic acids is 2. The number of carbonyl (C=O) groups is 2. The molecule has 1 aliphatic heterocycles. The molecule has 0 unspecified atom stereocenters. The Labute approximate surface area is 370 Å². The quantitative estimate of drug-likeness (QED) is 0.0453. The fraction of sp³-hybridized carbons (Fsp3) is 0.962. The zero-order valence-electron chi connectivity index (χ0n) is 40.8. The average Bonchev–Trinajstić information content (AvgIpc) is 3.50. The fourth-order valence-electron chi connectivity index (χ4n) is 9.08. The molecule has 6 heteroatoms. The van der Waals surface area contributed by atoms with E-state index in [0.29, 0.717) is 13.3 Å². The first kappa shape index (κ1) is 55.9. The van der Waals surface area contributed by atoms with E-state index >= 15 is 0 Å². The van der Waals surface area contributed by atoms with Gasteiger partial charge in [0.15, 0.2) is 0 Å². The van der Waals surface area contributed by atoms with Crippen molar-refractivity contribution in [1.29, 1.82) is 0 Å². The first-order valence-corrected chi connectivity index (χ1v) is 27.1. The standard InChI is InChI=1S/C53H106N4O2/c1-5-9-13-17-21-25-29-33-37-41-45-54(46-42-38-34-30-26-22-18-14-10-6-2)50-56-49-52(58)57(53(56)59)51-55(47-43-39-35-31-27-23-19-15-11-7-3)48-44-40-36-32-28-24-20-16-12-8-4/h5-51H2,1-4H3. The molecule has 350 valence electrons. The van der Waals surface area contributed by atoms with E-state index in [9.17, 15) is 9.59 Å². The molecule has 1 heterocycles. The van der Waals surface area contributed by atoms with Gasteiger partial charge in [0.25, 0.3) is 5.91 Å². The summed E-state index contributed by atoms with van der Waals surface area (Å²) < 4.78 is 0. The minimum Gasteiger partial charge on any atom is -0.302 e. The highest BCUT2D eigenvalue weighted by atomic mass is 16.2. The zero-order chi connectivity index (χ0) is 42.7. The van der Waals surface area contributed by atoms with Crippen LogP contribution in [0.5, 0.6) is 0 Å². The molecule has 1 fully saturated rings. The number of rotatable bonds is 48. The molecule has 0 aromatic carbocycles. The molecule has 1 aliphatic rings. The van der Waals surface area contributed by atoms with Crippen LogP contribution >= 0.6 is 0 Å². The zero-order valence-corrected chi connectivity index (χ0v) is 40.8. The Morgan fingerprint density at radius 3 is 0.797 bits per heavy atom. The predicted molar refractivity (Wildman–Crippen MR) is 259 cm³/mol. The lowest BCUT2D eigenvalue weighted by Gasteiger charge is -2.29. The Morgan fingerprint density at radius 1 is 0.322 bits per heavy atom. The van der Waals surface area contributed by atoms with Crippen LogP contribution in [0.3, 0.4) is 0 Å². The van der Waals surface area contributed by atoms with Crippen LogP contribution in [0.15, 0.2) is 0 Å². The molecule has 3 amide bonds. The molecular formula is C53H106N4O2. The summed E-state index contributed by atoms with van der Waals surface area (Å²) in [5.41, 5.74) is 0. The molecule has 6 nitrogen and oxygen atoms in total. The maximum atomic E-state index is 13.9. The van der Waals surface area contributed by atoms with Crippen molar-refractivity contribution in [3.8, 4) is 0 Å². The van der Waals surface area contributed by atoms with Crippen LogP contribution in [-0.2, 0) is 4.79 Å². The molecule has 59 heavy (non-hydrogen) atoms. The summed E-state index contributed by atoms with van der Waals surface area (Å²) in [6.45, 7) is 14.6. The highest BCUT2D eigenvalue weighted by molar-refractivity contribution is 6.01. The molecular weight excluding hydrogens is 725 g/mol. The first-order valence-electron chi connectivity index (χ1n) is 27.1. The van der Waals surface area contributed by atoms with Gasteiger partial charge in [0.05, 0.1) is 13.3 Å². The number of unbranched alkanes of at least 4 members (excludes halogenated alkanes) is 36. The summed E-state index contributed by atoms with van der Waals surface area (Å²) >= 11 is 0. The van der Waals surface area contributed by atoms with Crippen LogP contribution in [0.4, 0.5) is 4.79 Å². The van der Waals surface area contributed by atoms with E-state index in [1.165, 1.54) is 257 Å². The van der Waals surface area contributed by atoms with E-state index in [0.717, 1.165) is 26.2 Å². The molecule has 1 saturated heterocycles. The summed E-state index contributed by atoms with van der Waals surface area (Å²) in [6.07, 6.45) is 53.5. The lowest BCUT2D eigenvalue weighted by molar-refractivity contribution is -0.126. The maximum Gasteiger partial charge on any atom is 0.329 e. The SMILES string of the molecule is CCCCCCCCCCCCN(CCCCCCCCCCCC)CN1CC(=O)N(CN(CCCCCCCCCCCC)CCCCCCCCCCCC)C1=O. The summed E-state index contributed by atoms with van der Waals surface area (Å²) in [5, 5.41) is 0. The highest BCUT2D eigenvalue weighted by Gasteiger charge is 2.37. The van der Waals surface area contributed by atoms with Crippen molar-refractivity contribution in [2.24, 2.45) is 0 Å². The van der Waals surface area contributed by atoms with Gasteiger partial charge in [0, 0.05) is 0 Å². The third kappa shape index (κ3) is 34.1. The molecule has 0 spiro atoms. The average molecular weight is 831 g/mol. The molecule has 0 bridgehead atoms. The number of amides is 3. The van der Waals surface area contributed by atoms with E-state index in [-0.39, 0.29) is 18.5 Å². The van der Waals surface area contributed by atoms with E-state index < -0.39 is 0 Å². The van der Waals surface area contributed by atoms with Crippen molar-refractivity contribution in [1.82, 2.24) is 19.6 Å². The Kier molecular flexibility index (Phi) is 41.2. The van der Waals surface area contributed by atoms with Crippen molar-refractivity contribution < 1.29 is 9.59 Å². The summed E-state index contributed by atoms with van der Waals surface area (Å²) in [7, 11) is 0. The molecule has 0 atom stereocenters. The molecule has 0 saturated carbocycles. The van der Waals surface area contributed by atoms with E-state index in [1.807, 2.05) is 4.90 Å². The van der Waals surface area contributed by atoms with Gasteiger partial charge in [-0.1, -0.05) is 259 Å². The normalized spacial score (nSPS) is 13.4. The number of urea groups is 1. The largest absolute Gasteiger partial charge is 0.329 e. The van der Waals surface area contributed by atoms with Crippen molar-refractivity contribution in [2.75, 3.05) is 46.1 Å². The topological polar surface area (TPSA) is 47.1 Å². The van der Waals surface area contributed by atoms with Crippen LogP contribution in [0.25, 0.3) is 0 Å². The maximum absolute atomic E-state index is 13.9. The molecule has 0 aromatic heterocycles. The predicted octanol–water partition coefficient (Wildman–Crippen LogP) is 16.5. The van der Waals surface area contributed by atoms with Crippen LogP contribution in [0.1, 0.15) is 285 Å². The fourth-order valence-corrected chi connectivity index (χ4v) is 9.08. The lowest BCUT2D eigenvalue weighted by atomic mass is 10.1. The Hall–Kier alpha value is -1.14. The van der Waals surface area contributed by atoms with Gasteiger partial charge < -0.3 is 4.90 Å². The van der Waals surface area contributed by atoms with Crippen molar-refractivity contribution >= 4 is 11.9 Å². The number of hydrogen-bond acceptors (Lipinski definition) is 4. The van der Waals surface area contributed by atoms with Crippen molar-refractivity contribution in [3.63, 3.8) is 0 Å². The third-order valence-corrected chi connectivity index (χ3v) is 13.2. The molecule has 1 rings (SSSR count). The van der Waals surface area contributed by atoms with Gasteiger partial charge >= 0.3 is 6.03 Å².